The van der Waals surface area contributed by atoms with E-state index in [4.69, 9.17) is 5.11 Å². The maximum absolute atomic E-state index is 13.1. The van der Waals surface area contributed by atoms with Crippen LogP contribution in [0.15, 0.2) is 48.5 Å². The van der Waals surface area contributed by atoms with Crippen molar-refractivity contribution >= 4 is 5.97 Å². The van der Waals surface area contributed by atoms with Crippen molar-refractivity contribution in [3.05, 3.63) is 71.0 Å². The summed E-state index contributed by atoms with van der Waals surface area (Å²) in [6.07, 6.45) is 0. The summed E-state index contributed by atoms with van der Waals surface area (Å²) >= 11 is 0. The van der Waals surface area contributed by atoms with Crippen molar-refractivity contribution in [2.24, 2.45) is 0 Å². The lowest BCUT2D eigenvalue weighted by atomic mass is 10.1. The standard InChI is InChI=1S/C16H16FNO2/c1-11(13-5-3-7-15(17)9-13)18-10-12-4-2-6-14(8-12)16(19)20/h2-9,11,18H,10H2,1H3,(H,19,20)/t11-/m1/s1. The monoisotopic (exact) mass is 273 g/mol. The number of hydrogen-bond donors (Lipinski definition) is 2. The van der Waals surface area contributed by atoms with Gasteiger partial charge in [0.2, 0.25) is 0 Å². The van der Waals surface area contributed by atoms with Gasteiger partial charge in [0.1, 0.15) is 5.82 Å². The number of carbonyl (C=O) groups is 1. The Hall–Kier alpha value is -2.20. The molecule has 0 aromatic heterocycles. The molecule has 4 heteroatoms. The van der Waals surface area contributed by atoms with E-state index in [2.05, 4.69) is 5.32 Å². The van der Waals surface area contributed by atoms with Gasteiger partial charge in [-0.15, -0.1) is 0 Å². The normalized spacial score (nSPS) is 12.1. The lowest BCUT2D eigenvalue weighted by molar-refractivity contribution is 0.0696. The number of carboxylic acids is 1. The Bertz CT molecular complexity index is 613. The molecule has 0 amide bonds. The van der Waals surface area contributed by atoms with Crippen LogP contribution < -0.4 is 5.32 Å². The van der Waals surface area contributed by atoms with Gasteiger partial charge >= 0.3 is 5.97 Å². The first-order valence-corrected chi connectivity index (χ1v) is 6.37. The Balaban J connectivity index is 2.01. The van der Waals surface area contributed by atoms with Crippen molar-refractivity contribution in [1.29, 1.82) is 0 Å². The summed E-state index contributed by atoms with van der Waals surface area (Å²) in [4.78, 5) is 10.9. The minimum Gasteiger partial charge on any atom is -0.478 e. The smallest absolute Gasteiger partial charge is 0.335 e. The zero-order valence-electron chi connectivity index (χ0n) is 11.1. The number of hydrogen-bond acceptors (Lipinski definition) is 2. The Kier molecular flexibility index (Phi) is 4.48. The highest BCUT2D eigenvalue weighted by Gasteiger charge is 2.07. The second-order valence-corrected chi connectivity index (χ2v) is 4.66. The molecule has 3 nitrogen and oxygen atoms in total. The highest BCUT2D eigenvalue weighted by molar-refractivity contribution is 5.87. The molecule has 0 aliphatic heterocycles. The minimum atomic E-state index is -0.940. The van der Waals surface area contributed by atoms with E-state index in [1.54, 1.807) is 24.3 Å². The molecule has 0 bridgehead atoms. The Morgan fingerprint density at radius 3 is 2.70 bits per heavy atom. The van der Waals surface area contributed by atoms with E-state index in [-0.39, 0.29) is 17.4 Å². The molecule has 0 spiro atoms. The van der Waals surface area contributed by atoms with E-state index < -0.39 is 5.97 Å². The number of benzene rings is 2. The number of carboxylic acid groups (broad SMARTS) is 1. The summed E-state index contributed by atoms with van der Waals surface area (Å²) in [5, 5.41) is 12.2. The molecule has 0 radical (unpaired) electrons. The fraction of sp³-hybridized carbons (Fsp3) is 0.188. The van der Waals surface area contributed by atoms with Crippen molar-refractivity contribution in [3.63, 3.8) is 0 Å². The maximum Gasteiger partial charge on any atom is 0.335 e. The average molecular weight is 273 g/mol. The number of nitrogens with one attached hydrogen (secondary N) is 1. The summed E-state index contributed by atoms with van der Waals surface area (Å²) in [5.41, 5.74) is 2.01. The van der Waals surface area contributed by atoms with Crippen LogP contribution in [-0.2, 0) is 6.54 Å². The Morgan fingerprint density at radius 1 is 1.25 bits per heavy atom. The fourth-order valence-electron chi connectivity index (χ4n) is 1.98. The molecule has 0 saturated heterocycles. The van der Waals surface area contributed by atoms with E-state index in [1.807, 2.05) is 19.1 Å². The molecule has 2 N–H and O–H groups in total. The molecule has 104 valence electrons. The van der Waals surface area contributed by atoms with Crippen LogP contribution >= 0.6 is 0 Å². The van der Waals surface area contributed by atoms with E-state index >= 15 is 0 Å². The second kappa shape index (κ2) is 6.30. The third-order valence-electron chi connectivity index (χ3n) is 3.13. The van der Waals surface area contributed by atoms with Crippen molar-refractivity contribution < 1.29 is 14.3 Å². The summed E-state index contributed by atoms with van der Waals surface area (Å²) in [5.74, 6) is -1.20. The van der Waals surface area contributed by atoms with Crippen molar-refractivity contribution in [2.75, 3.05) is 0 Å². The van der Waals surface area contributed by atoms with E-state index in [0.717, 1.165) is 11.1 Å². The van der Waals surface area contributed by atoms with Crippen LogP contribution in [0.1, 0.15) is 34.5 Å². The molecular weight excluding hydrogens is 257 g/mol. The molecule has 0 unspecified atom stereocenters. The molecule has 2 rings (SSSR count). The van der Waals surface area contributed by atoms with Crippen LogP contribution in [0.3, 0.4) is 0 Å². The zero-order chi connectivity index (χ0) is 14.5. The van der Waals surface area contributed by atoms with Crippen molar-refractivity contribution in [2.45, 2.75) is 19.5 Å². The molecule has 0 fully saturated rings. The maximum atomic E-state index is 13.1. The van der Waals surface area contributed by atoms with Crippen LogP contribution in [0.5, 0.6) is 0 Å². The highest BCUT2D eigenvalue weighted by atomic mass is 19.1. The summed E-state index contributed by atoms with van der Waals surface area (Å²) in [6, 6.07) is 13.2. The molecular formula is C16H16FNO2. The number of aromatic carboxylic acids is 1. The van der Waals surface area contributed by atoms with Crippen LogP contribution in [0.2, 0.25) is 0 Å². The van der Waals surface area contributed by atoms with Gasteiger partial charge in [-0.05, 0) is 42.3 Å². The van der Waals surface area contributed by atoms with Crippen LogP contribution in [-0.4, -0.2) is 11.1 Å². The summed E-state index contributed by atoms with van der Waals surface area (Å²) < 4.78 is 13.1. The average Bonchev–Trinajstić information content (AvgIpc) is 2.45. The first kappa shape index (κ1) is 14.2. The Labute approximate surface area is 117 Å². The highest BCUT2D eigenvalue weighted by Crippen LogP contribution is 2.14. The Morgan fingerprint density at radius 2 is 2.00 bits per heavy atom. The van der Waals surface area contributed by atoms with Gasteiger partial charge in [0.15, 0.2) is 0 Å². The largest absolute Gasteiger partial charge is 0.478 e. The van der Waals surface area contributed by atoms with Gasteiger partial charge in [-0.3, -0.25) is 0 Å². The molecule has 2 aromatic rings. The number of halogens is 1. The predicted molar refractivity (Wildman–Crippen MR) is 75.1 cm³/mol. The van der Waals surface area contributed by atoms with Gasteiger partial charge in [0.25, 0.3) is 0 Å². The van der Waals surface area contributed by atoms with Crippen LogP contribution in [0, 0.1) is 5.82 Å². The van der Waals surface area contributed by atoms with Gasteiger partial charge in [0, 0.05) is 12.6 Å². The third kappa shape index (κ3) is 3.65. The van der Waals surface area contributed by atoms with Crippen LogP contribution in [0.25, 0.3) is 0 Å². The SMILES string of the molecule is C[C@@H](NCc1cccc(C(=O)O)c1)c1cccc(F)c1. The summed E-state index contributed by atoms with van der Waals surface area (Å²) in [7, 11) is 0. The molecule has 0 aliphatic rings. The minimum absolute atomic E-state index is 0.0146. The molecule has 20 heavy (non-hydrogen) atoms. The van der Waals surface area contributed by atoms with Crippen LogP contribution in [0.4, 0.5) is 4.39 Å². The van der Waals surface area contributed by atoms with Gasteiger partial charge in [0.05, 0.1) is 5.56 Å². The fourth-order valence-corrected chi connectivity index (χ4v) is 1.98. The summed E-state index contributed by atoms with van der Waals surface area (Å²) in [6.45, 7) is 2.47. The lowest BCUT2D eigenvalue weighted by Gasteiger charge is -2.14. The molecule has 2 aromatic carbocycles. The molecule has 0 heterocycles. The van der Waals surface area contributed by atoms with Gasteiger partial charge in [-0.1, -0.05) is 24.3 Å². The second-order valence-electron chi connectivity index (χ2n) is 4.66. The van der Waals surface area contributed by atoms with Crippen molar-refractivity contribution in [3.8, 4) is 0 Å². The predicted octanol–water partition coefficient (Wildman–Crippen LogP) is 3.37. The van der Waals surface area contributed by atoms with Gasteiger partial charge < -0.3 is 10.4 Å². The van der Waals surface area contributed by atoms with E-state index in [0.29, 0.717) is 6.54 Å². The first-order valence-electron chi connectivity index (χ1n) is 6.37. The van der Waals surface area contributed by atoms with E-state index in [9.17, 15) is 9.18 Å². The molecule has 0 aliphatic carbocycles. The van der Waals surface area contributed by atoms with Gasteiger partial charge in [-0.25, -0.2) is 9.18 Å². The molecule has 1 atom stereocenters. The van der Waals surface area contributed by atoms with Crippen molar-refractivity contribution in [1.82, 2.24) is 5.32 Å². The molecule has 0 saturated carbocycles. The lowest BCUT2D eigenvalue weighted by Crippen LogP contribution is -2.18. The third-order valence-corrected chi connectivity index (χ3v) is 3.13. The topological polar surface area (TPSA) is 49.3 Å². The van der Waals surface area contributed by atoms with Gasteiger partial charge in [-0.2, -0.15) is 0 Å². The zero-order valence-corrected chi connectivity index (χ0v) is 11.1. The first-order chi connectivity index (χ1) is 9.56. The quantitative estimate of drug-likeness (QED) is 0.878. The number of rotatable bonds is 5. The van der Waals surface area contributed by atoms with E-state index in [1.165, 1.54) is 12.1 Å².